The normalized spacial score (nSPS) is 10.2. The van der Waals surface area contributed by atoms with E-state index in [-0.39, 0.29) is 5.91 Å². The molecule has 0 saturated carbocycles. The fraction of sp³-hybridized carbons (Fsp3) is 0.250. The molecular weight excluding hydrogens is 312 g/mol. The number of aromatic nitrogens is 2. The molecule has 2 rings (SSSR count). The van der Waals surface area contributed by atoms with Crippen molar-refractivity contribution in [2.45, 2.75) is 10.9 Å². The van der Waals surface area contributed by atoms with E-state index in [1.807, 2.05) is 17.5 Å². The Kier molecular flexibility index (Phi) is 6.03. The first kappa shape index (κ1) is 15.0. The van der Waals surface area contributed by atoms with Crippen LogP contribution < -0.4 is 10.6 Å². The van der Waals surface area contributed by atoms with Gasteiger partial charge in [0.05, 0.1) is 12.3 Å². The molecule has 0 aliphatic heterocycles. The van der Waals surface area contributed by atoms with Crippen LogP contribution in [0, 0.1) is 0 Å². The van der Waals surface area contributed by atoms with Gasteiger partial charge < -0.3 is 10.6 Å². The average Bonchev–Trinajstić information content (AvgIpc) is 3.12. The summed E-state index contributed by atoms with van der Waals surface area (Å²) in [6.45, 7) is 4.86. The quantitative estimate of drug-likeness (QED) is 0.576. The molecule has 0 radical (unpaired) electrons. The lowest BCUT2D eigenvalue weighted by Crippen LogP contribution is -2.24. The zero-order valence-electron chi connectivity index (χ0n) is 10.7. The zero-order chi connectivity index (χ0) is 14.2. The maximum absolute atomic E-state index is 11.7. The fourth-order valence-corrected chi connectivity index (χ4v) is 3.51. The molecule has 2 aromatic heterocycles. The van der Waals surface area contributed by atoms with Crippen molar-refractivity contribution in [2.24, 2.45) is 0 Å². The number of carbonyl (C=O) groups is 1. The van der Waals surface area contributed by atoms with E-state index in [2.05, 4.69) is 27.4 Å². The van der Waals surface area contributed by atoms with Crippen LogP contribution in [0.15, 0.2) is 34.5 Å². The molecule has 0 bridgehead atoms. The predicted molar refractivity (Wildman–Crippen MR) is 85.5 cm³/mol. The van der Waals surface area contributed by atoms with Crippen LogP contribution in [0.3, 0.4) is 0 Å². The number of hydrogen-bond acceptors (Lipinski definition) is 7. The van der Waals surface area contributed by atoms with Crippen LogP contribution in [0.4, 0.5) is 5.13 Å². The third-order valence-corrected chi connectivity index (χ3v) is 5.06. The van der Waals surface area contributed by atoms with E-state index in [1.54, 1.807) is 17.4 Å². The Morgan fingerprint density at radius 3 is 3.15 bits per heavy atom. The van der Waals surface area contributed by atoms with Crippen LogP contribution in [0.25, 0.3) is 0 Å². The number of nitrogens with one attached hydrogen (secondary N) is 2. The van der Waals surface area contributed by atoms with Gasteiger partial charge >= 0.3 is 0 Å². The first-order chi connectivity index (χ1) is 9.78. The van der Waals surface area contributed by atoms with Gasteiger partial charge in [-0.05, 0) is 11.4 Å². The van der Waals surface area contributed by atoms with E-state index < -0.39 is 0 Å². The van der Waals surface area contributed by atoms with Gasteiger partial charge in [0.15, 0.2) is 4.34 Å². The van der Waals surface area contributed by atoms with Crippen LogP contribution in [-0.4, -0.2) is 28.4 Å². The highest BCUT2D eigenvalue weighted by molar-refractivity contribution is 8.01. The Balaban J connectivity index is 1.70. The molecule has 0 aliphatic rings. The summed E-state index contributed by atoms with van der Waals surface area (Å²) < 4.78 is 0.780. The van der Waals surface area contributed by atoms with Crippen molar-refractivity contribution in [3.63, 3.8) is 0 Å². The van der Waals surface area contributed by atoms with Gasteiger partial charge in [-0.3, -0.25) is 4.79 Å². The van der Waals surface area contributed by atoms with Gasteiger partial charge in [0, 0.05) is 11.4 Å². The van der Waals surface area contributed by atoms with Gasteiger partial charge in [-0.25, -0.2) is 0 Å². The molecule has 0 atom stereocenters. The predicted octanol–water partition coefficient (Wildman–Crippen LogP) is 2.61. The summed E-state index contributed by atoms with van der Waals surface area (Å²) in [5, 5.41) is 16.7. The van der Waals surface area contributed by atoms with Crippen LogP contribution in [0.2, 0.25) is 0 Å². The maximum Gasteiger partial charge on any atom is 0.230 e. The third kappa shape index (κ3) is 4.95. The number of carbonyl (C=O) groups excluding carboxylic acids is 1. The average molecular weight is 326 g/mol. The van der Waals surface area contributed by atoms with Crippen LogP contribution >= 0.6 is 34.4 Å². The molecule has 0 aromatic carbocycles. The van der Waals surface area contributed by atoms with Crippen molar-refractivity contribution >= 4 is 45.5 Å². The summed E-state index contributed by atoms with van der Waals surface area (Å²) in [6, 6.07) is 3.97. The highest BCUT2D eigenvalue weighted by Gasteiger charge is 2.07. The second-order valence-corrected chi connectivity index (χ2v) is 6.92. The van der Waals surface area contributed by atoms with Crippen LogP contribution in [0.1, 0.15) is 4.88 Å². The second kappa shape index (κ2) is 8.03. The monoisotopic (exact) mass is 326 g/mol. The Labute approximate surface area is 129 Å². The van der Waals surface area contributed by atoms with Crippen LogP contribution in [-0.2, 0) is 11.3 Å². The first-order valence-corrected chi connectivity index (χ1v) is 8.56. The lowest BCUT2D eigenvalue weighted by Gasteiger charge is -2.01. The Morgan fingerprint density at radius 1 is 1.50 bits per heavy atom. The molecule has 20 heavy (non-hydrogen) atoms. The molecule has 1 amide bonds. The molecule has 2 heterocycles. The molecule has 0 spiro atoms. The minimum Gasteiger partial charge on any atom is -0.357 e. The molecule has 2 aromatic rings. The van der Waals surface area contributed by atoms with E-state index in [0.717, 1.165) is 14.3 Å². The van der Waals surface area contributed by atoms with E-state index in [0.29, 0.717) is 18.8 Å². The number of hydrogen-bond donors (Lipinski definition) is 2. The summed E-state index contributed by atoms with van der Waals surface area (Å²) in [5.74, 6) is 0.348. The van der Waals surface area contributed by atoms with Crippen molar-refractivity contribution in [1.82, 2.24) is 15.5 Å². The van der Waals surface area contributed by atoms with E-state index in [4.69, 9.17) is 0 Å². The van der Waals surface area contributed by atoms with Gasteiger partial charge in [0.2, 0.25) is 11.0 Å². The third-order valence-electron chi connectivity index (χ3n) is 2.17. The molecule has 0 unspecified atom stereocenters. The van der Waals surface area contributed by atoms with Gasteiger partial charge in [0.25, 0.3) is 0 Å². The topological polar surface area (TPSA) is 66.9 Å². The second-order valence-electron chi connectivity index (χ2n) is 3.69. The number of thiophene rings is 1. The Bertz CT molecular complexity index is 553. The smallest absolute Gasteiger partial charge is 0.230 e. The molecule has 0 saturated heterocycles. The number of amides is 1. The SMILES string of the molecule is C=CCNc1nnc(SCC(=O)NCc2cccs2)s1. The fourth-order valence-electron chi connectivity index (χ4n) is 1.28. The number of nitrogens with zero attached hydrogens (tertiary/aromatic N) is 2. The Hall–Kier alpha value is -1.38. The molecule has 8 heteroatoms. The minimum atomic E-state index is -0.000740. The number of rotatable bonds is 8. The van der Waals surface area contributed by atoms with Crippen LogP contribution in [0.5, 0.6) is 0 Å². The summed E-state index contributed by atoms with van der Waals surface area (Å²) in [4.78, 5) is 12.8. The van der Waals surface area contributed by atoms with E-state index >= 15 is 0 Å². The lowest BCUT2D eigenvalue weighted by molar-refractivity contribution is -0.118. The van der Waals surface area contributed by atoms with Crippen molar-refractivity contribution in [1.29, 1.82) is 0 Å². The summed E-state index contributed by atoms with van der Waals surface area (Å²) in [7, 11) is 0. The molecule has 5 nitrogen and oxygen atoms in total. The zero-order valence-corrected chi connectivity index (χ0v) is 13.1. The van der Waals surface area contributed by atoms with Crippen molar-refractivity contribution in [3.8, 4) is 0 Å². The Morgan fingerprint density at radius 2 is 2.40 bits per heavy atom. The minimum absolute atomic E-state index is 0.000740. The van der Waals surface area contributed by atoms with Gasteiger partial charge in [-0.1, -0.05) is 35.2 Å². The standard InChI is InChI=1S/C12H14N4OS3/c1-2-5-13-11-15-16-12(20-11)19-8-10(17)14-7-9-4-3-6-18-9/h2-4,6H,1,5,7-8H2,(H,13,15)(H,14,17). The highest BCUT2D eigenvalue weighted by Crippen LogP contribution is 2.25. The molecule has 106 valence electrons. The summed E-state index contributed by atoms with van der Waals surface area (Å²) in [6.07, 6.45) is 1.76. The maximum atomic E-state index is 11.7. The molecule has 0 fully saturated rings. The van der Waals surface area contributed by atoms with E-state index in [9.17, 15) is 4.79 Å². The van der Waals surface area contributed by atoms with Crippen molar-refractivity contribution < 1.29 is 4.79 Å². The summed E-state index contributed by atoms with van der Waals surface area (Å²) in [5.41, 5.74) is 0. The number of thioether (sulfide) groups is 1. The molecular formula is C12H14N4OS3. The van der Waals surface area contributed by atoms with Crippen molar-refractivity contribution in [3.05, 3.63) is 35.0 Å². The lowest BCUT2D eigenvalue weighted by atomic mass is 10.4. The highest BCUT2D eigenvalue weighted by atomic mass is 32.2. The van der Waals surface area contributed by atoms with E-state index in [1.165, 1.54) is 23.1 Å². The van der Waals surface area contributed by atoms with Gasteiger partial charge in [-0.2, -0.15) is 0 Å². The largest absolute Gasteiger partial charge is 0.357 e. The summed E-state index contributed by atoms with van der Waals surface area (Å²) >= 11 is 4.46. The molecule has 0 aliphatic carbocycles. The van der Waals surface area contributed by atoms with Crippen molar-refractivity contribution in [2.75, 3.05) is 17.6 Å². The van der Waals surface area contributed by atoms with Gasteiger partial charge in [-0.15, -0.1) is 28.1 Å². The van der Waals surface area contributed by atoms with Gasteiger partial charge in [0.1, 0.15) is 0 Å². The molecule has 2 N–H and O–H groups in total. The number of anilines is 1. The first-order valence-electron chi connectivity index (χ1n) is 5.88.